The fourth-order valence-corrected chi connectivity index (χ4v) is 1.59. The molecule has 0 saturated heterocycles. The Morgan fingerprint density at radius 2 is 2.13 bits per heavy atom. The minimum Gasteiger partial charge on any atom is -0.382 e. The number of nitrogen functional groups attached to an aromatic ring is 1. The van der Waals surface area contributed by atoms with Crippen molar-refractivity contribution < 1.29 is 0 Å². The van der Waals surface area contributed by atoms with Gasteiger partial charge in [-0.15, -0.1) is 0 Å². The first-order valence-electron chi connectivity index (χ1n) is 5.24. The van der Waals surface area contributed by atoms with Crippen LogP contribution in [0, 0.1) is 0 Å². The van der Waals surface area contributed by atoms with Gasteiger partial charge in [0, 0.05) is 6.54 Å². The monoisotopic (exact) mass is 205 g/mol. The zero-order valence-corrected chi connectivity index (χ0v) is 8.85. The highest BCUT2D eigenvalue weighted by Gasteiger charge is 2.06. The first-order valence-corrected chi connectivity index (χ1v) is 5.24. The van der Waals surface area contributed by atoms with Crippen molar-refractivity contribution in [1.82, 2.24) is 19.5 Å². The van der Waals surface area contributed by atoms with Crippen LogP contribution in [0.5, 0.6) is 0 Å². The Morgan fingerprint density at radius 3 is 2.93 bits per heavy atom. The lowest BCUT2D eigenvalue weighted by atomic mass is 10.2. The van der Waals surface area contributed by atoms with Crippen LogP contribution in [0.15, 0.2) is 12.7 Å². The molecule has 0 aliphatic heterocycles. The minimum atomic E-state index is 0.453. The van der Waals surface area contributed by atoms with E-state index in [9.17, 15) is 0 Å². The van der Waals surface area contributed by atoms with Crippen molar-refractivity contribution in [3.8, 4) is 0 Å². The van der Waals surface area contributed by atoms with Crippen LogP contribution in [-0.2, 0) is 6.54 Å². The van der Waals surface area contributed by atoms with Gasteiger partial charge in [-0.25, -0.2) is 15.0 Å². The number of rotatable bonds is 4. The number of fused-ring (bicyclic) bond motifs is 1. The molecule has 2 heterocycles. The SMILES string of the molecule is CCCCCn1cnc2c(N)ncnc21. The van der Waals surface area contributed by atoms with Crippen LogP contribution >= 0.6 is 0 Å². The summed E-state index contributed by atoms with van der Waals surface area (Å²) in [6.45, 7) is 3.13. The van der Waals surface area contributed by atoms with Crippen molar-refractivity contribution in [2.75, 3.05) is 5.73 Å². The molecule has 2 aromatic rings. The summed E-state index contributed by atoms with van der Waals surface area (Å²) in [4.78, 5) is 12.3. The molecule has 0 amide bonds. The van der Waals surface area contributed by atoms with Gasteiger partial charge >= 0.3 is 0 Å². The summed E-state index contributed by atoms with van der Waals surface area (Å²) >= 11 is 0. The van der Waals surface area contributed by atoms with Crippen molar-refractivity contribution in [1.29, 1.82) is 0 Å². The second kappa shape index (κ2) is 4.25. The third-order valence-electron chi connectivity index (χ3n) is 2.43. The van der Waals surface area contributed by atoms with Crippen LogP contribution in [-0.4, -0.2) is 19.5 Å². The second-order valence-electron chi connectivity index (χ2n) is 3.58. The Hall–Kier alpha value is -1.65. The Balaban J connectivity index is 2.25. The van der Waals surface area contributed by atoms with E-state index in [4.69, 9.17) is 5.73 Å². The van der Waals surface area contributed by atoms with Crippen LogP contribution in [0.1, 0.15) is 26.2 Å². The van der Waals surface area contributed by atoms with E-state index in [0.29, 0.717) is 11.3 Å². The van der Waals surface area contributed by atoms with Gasteiger partial charge in [0.15, 0.2) is 11.5 Å². The summed E-state index contributed by atoms with van der Waals surface area (Å²) in [6, 6.07) is 0. The quantitative estimate of drug-likeness (QED) is 0.770. The average molecular weight is 205 g/mol. The fraction of sp³-hybridized carbons (Fsp3) is 0.500. The zero-order valence-electron chi connectivity index (χ0n) is 8.85. The van der Waals surface area contributed by atoms with E-state index in [2.05, 4.69) is 21.9 Å². The van der Waals surface area contributed by atoms with Gasteiger partial charge in [0.2, 0.25) is 0 Å². The van der Waals surface area contributed by atoms with Crippen molar-refractivity contribution in [3.63, 3.8) is 0 Å². The van der Waals surface area contributed by atoms with Crippen molar-refractivity contribution in [3.05, 3.63) is 12.7 Å². The maximum absolute atomic E-state index is 5.70. The molecule has 0 aromatic carbocycles. The summed E-state index contributed by atoms with van der Waals surface area (Å²) in [5.74, 6) is 0.453. The fourth-order valence-electron chi connectivity index (χ4n) is 1.59. The van der Waals surface area contributed by atoms with Crippen LogP contribution in [0.4, 0.5) is 5.82 Å². The summed E-state index contributed by atoms with van der Waals surface area (Å²) < 4.78 is 2.03. The molecule has 0 fully saturated rings. The standard InChI is InChI=1S/C10H15N5/c1-2-3-4-5-15-7-14-8-9(11)12-6-13-10(8)15/h6-7H,2-5H2,1H3,(H2,11,12,13). The van der Waals surface area contributed by atoms with Gasteiger partial charge < -0.3 is 10.3 Å². The normalized spacial score (nSPS) is 11.0. The Labute approximate surface area is 88.4 Å². The van der Waals surface area contributed by atoms with Gasteiger partial charge in [-0.05, 0) is 6.42 Å². The lowest BCUT2D eigenvalue weighted by Crippen LogP contribution is -1.99. The van der Waals surface area contributed by atoms with Crippen molar-refractivity contribution >= 4 is 17.0 Å². The average Bonchev–Trinajstić information content (AvgIpc) is 2.64. The third-order valence-corrected chi connectivity index (χ3v) is 2.43. The van der Waals surface area contributed by atoms with Crippen molar-refractivity contribution in [2.45, 2.75) is 32.7 Å². The molecule has 80 valence electrons. The van der Waals surface area contributed by atoms with Crippen LogP contribution in [0.25, 0.3) is 11.2 Å². The number of unbranched alkanes of at least 4 members (excludes halogenated alkanes) is 2. The van der Waals surface area contributed by atoms with Gasteiger partial charge in [-0.3, -0.25) is 0 Å². The largest absolute Gasteiger partial charge is 0.382 e. The molecule has 0 unspecified atom stereocenters. The number of nitrogens with two attached hydrogens (primary N) is 1. The summed E-state index contributed by atoms with van der Waals surface area (Å²) in [6.07, 6.45) is 6.84. The van der Waals surface area contributed by atoms with Crippen LogP contribution in [0.3, 0.4) is 0 Å². The molecular formula is C10H15N5. The molecule has 2 N–H and O–H groups in total. The van der Waals surface area contributed by atoms with Gasteiger partial charge in [-0.2, -0.15) is 0 Å². The number of aryl methyl sites for hydroxylation is 1. The van der Waals surface area contributed by atoms with E-state index in [0.717, 1.165) is 18.6 Å². The van der Waals surface area contributed by atoms with E-state index in [1.165, 1.54) is 19.2 Å². The molecule has 5 heteroatoms. The van der Waals surface area contributed by atoms with E-state index in [1.807, 2.05) is 4.57 Å². The smallest absolute Gasteiger partial charge is 0.165 e. The number of imidazole rings is 1. The molecule has 0 aliphatic rings. The maximum Gasteiger partial charge on any atom is 0.165 e. The van der Waals surface area contributed by atoms with Gasteiger partial charge in [0.1, 0.15) is 11.8 Å². The minimum absolute atomic E-state index is 0.453. The maximum atomic E-state index is 5.70. The summed E-state index contributed by atoms with van der Waals surface area (Å²) in [5.41, 5.74) is 7.23. The van der Waals surface area contributed by atoms with Crippen LogP contribution in [0.2, 0.25) is 0 Å². The van der Waals surface area contributed by atoms with Crippen LogP contribution < -0.4 is 5.73 Å². The highest BCUT2D eigenvalue weighted by Crippen LogP contribution is 2.14. The summed E-state index contributed by atoms with van der Waals surface area (Å²) in [5, 5.41) is 0. The molecule has 5 nitrogen and oxygen atoms in total. The topological polar surface area (TPSA) is 69.6 Å². The molecule has 0 radical (unpaired) electrons. The Bertz CT molecular complexity index is 448. The molecule has 0 spiro atoms. The molecule has 15 heavy (non-hydrogen) atoms. The highest BCUT2D eigenvalue weighted by atomic mass is 15.1. The molecule has 2 aromatic heterocycles. The molecule has 0 bridgehead atoms. The molecule has 0 atom stereocenters. The number of hydrogen-bond acceptors (Lipinski definition) is 4. The molecule has 0 aliphatic carbocycles. The van der Waals surface area contributed by atoms with E-state index in [-0.39, 0.29) is 0 Å². The van der Waals surface area contributed by atoms with E-state index in [1.54, 1.807) is 6.33 Å². The number of aromatic nitrogens is 4. The predicted molar refractivity (Wildman–Crippen MR) is 59.3 cm³/mol. The first-order chi connectivity index (χ1) is 7.33. The predicted octanol–water partition coefficient (Wildman–Crippen LogP) is 1.60. The molecular weight excluding hydrogens is 190 g/mol. The number of nitrogens with zero attached hydrogens (tertiary/aromatic N) is 4. The van der Waals surface area contributed by atoms with Crippen molar-refractivity contribution in [2.24, 2.45) is 0 Å². The van der Waals surface area contributed by atoms with Gasteiger partial charge in [0.05, 0.1) is 6.33 Å². The third kappa shape index (κ3) is 1.91. The Kier molecular flexibility index (Phi) is 2.80. The lowest BCUT2D eigenvalue weighted by molar-refractivity contribution is 0.610. The lowest BCUT2D eigenvalue weighted by Gasteiger charge is -2.02. The van der Waals surface area contributed by atoms with E-state index < -0.39 is 0 Å². The van der Waals surface area contributed by atoms with Gasteiger partial charge in [-0.1, -0.05) is 19.8 Å². The second-order valence-corrected chi connectivity index (χ2v) is 3.58. The Morgan fingerprint density at radius 1 is 1.27 bits per heavy atom. The molecule has 0 saturated carbocycles. The number of hydrogen-bond donors (Lipinski definition) is 1. The van der Waals surface area contributed by atoms with Gasteiger partial charge in [0.25, 0.3) is 0 Å². The zero-order chi connectivity index (χ0) is 10.7. The van der Waals surface area contributed by atoms with E-state index >= 15 is 0 Å². The highest BCUT2D eigenvalue weighted by molar-refractivity contribution is 5.80. The molecule has 2 rings (SSSR count). The first kappa shape index (κ1) is 9.89. The number of anilines is 1. The summed E-state index contributed by atoms with van der Waals surface area (Å²) in [7, 11) is 0.